The Kier molecular flexibility index (Phi) is 4.28. The maximum Gasteiger partial charge on any atom is 0.246 e. The predicted octanol–water partition coefficient (Wildman–Crippen LogP) is 5.32. The lowest BCUT2D eigenvalue weighted by Crippen LogP contribution is -2.12. The molecule has 0 aliphatic rings. The smallest absolute Gasteiger partial charge is 0.246 e. The summed E-state index contributed by atoms with van der Waals surface area (Å²) >= 11 is 3.47. The standard InChI is InChI=1S/C23H16BrN3O2/c1-14-6-8-15(9-7-14)23-25-21(29-26-23)13-27-19-5-3-2-4-17(19)22(28)18-12-16(24)10-11-20(18)27/h2-12H,13H2,1H3. The third kappa shape index (κ3) is 3.15. The van der Waals surface area contributed by atoms with Crippen LogP contribution >= 0.6 is 15.9 Å². The van der Waals surface area contributed by atoms with Crippen molar-refractivity contribution in [1.29, 1.82) is 0 Å². The minimum absolute atomic E-state index is 0.0130. The second-order valence-electron chi connectivity index (χ2n) is 6.97. The van der Waals surface area contributed by atoms with Crippen molar-refractivity contribution in [2.24, 2.45) is 0 Å². The first-order valence-electron chi connectivity index (χ1n) is 9.20. The van der Waals surface area contributed by atoms with Gasteiger partial charge in [0.1, 0.15) is 6.54 Å². The van der Waals surface area contributed by atoms with E-state index in [4.69, 9.17) is 4.52 Å². The fourth-order valence-electron chi connectivity index (χ4n) is 3.55. The van der Waals surface area contributed by atoms with Crippen molar-refractivity contribution >= 4 is 37.7 Å². The topological polar surface area (TPSA) is 60.9 Å². The Bertz CT molecular complexity index is 1420. The first kappa shape index (κ1) is 17.8. The molecule has 5 nitrogen and oxygen atoms in total. The summed E-state index contributed by atoms with van der Waals surface area (Å²) in [6.07, 6.45) is 0. The summed E-state index contributed by atoms with van der Waals surface area (Å²) in [6, 6.07) is 21.3. The summed E-state index contributed by atoms with van der Waals surface area (Å²) in [4.78, 5) is 17.5. The summed E-state index contributed by atoms with van der Waals surface area (Å²) in [5.74, 6) is 1.04. The normalized spacial score (nSPS) is 11.4. The molecule has 0 atom stereocenters. The number of para-hydroxylation sites is 1. The zero-order chi connectivity index (χ0) is 20.0. The van der Waals surface area contributed by atoms with E-state index < -0.39 is 0 Å². The van der Waals surface area contributed by atoms with E-state index in [1.807, 2.05) is 78.2 Å². The van der Waals surface area contributed by atoms with Crippen LogP contribution in [0.3, 0.4) is 0 Å². The van der Waals surface area contributed by atoms with Gasteiger partial charge >= 0.3 is 0 Å². The van der Waals surface area contributed by atoms with Crippen molar-refractivity contribution in [3.8, 4) is 11.4 Å². The molecule has 142 valence electrons. The zero-order valence-corrected chi connectivity index (χ0v) is 17.2. The van der Waals surface area contributed by atoms with Gasteiger partial charge < -0.3 is 9.09 Å². The SMILES string of the molecule is Cc1ccc(-c2noc(Cn3c4ccccc4c(=O)c4cc(Br)ccc43)n2)cc1. The van der Waals surface area contributed by atoms with E-state index in [9.17, 15) is 4.79 Å². The Hall–Kier alpha value is -3.25. The van der Waals surface area contributed by atoms with Gasteiger partial charge in [-0.1, -0.05) is 63.0 Å². The number of aromatic nitrogens is 3. The Balaban J connectivity index is 1.66. The average Bonchev–Trinajstić information content (AvgIpc) is 3.20. The van der Waals surface area contributed by atoms with E-state index in [2.05, 4.69) is 26.1 Å². The Morgan fingerprint density at radius 1 is 0.966 bits per heavy atom. The van der Waals surface area contributed by atoms with Crippen LogP contribution < -0.4 is 5.43 Å². The lowest BCUT2D eigenvalue weighted by molar-refractivity contribution is 0.374. The summed E-state index contributed by atoms with van der Waals surface area (Å²) in [6.45, 7) is 2.41. The number of nitrogens with zero attached hydrogens (tertiary/aromatic N) is 3. The van der Waals surface area contributed by atoms with E-state index in [1.54, 1.807) is 0 Å². The van der Waals surface area contributed by atoms with Gasteiger partial charge in [-0.3, -0.25) is 4.79 Å². The highest BCUT2D eigenvalue weighted by Crippen LogP contribution is 2.24. The number of aryl methyl sites for hydroxylation is 1. The fraction of sp³-hybridized carbons (Fsp3) is 0.0870. The van der Waals surface area contributed by atoms with E-state index in [0.717, 1.165) is 21.1 Å². The third-order valence-corrected chi connectivity index (χ3v) is 5.50. The van der Waals surface area contributed by atoms with Gasteiger partial charge in [-0.2, -0.15) is 4.98 Å². The highest BCUT2D eigenvalue weighted by Gasteiger charge is 2.15. The first-order chi connectivity index (χ1) is 14.1. The maximum atomic E-state index is 13.0. The molecule has 0 radical (unpaired) electrons. The Labute approximate surface area is 174 Å². The molecule has 0 saturated heterocycles. The lowest BCUT2D eigenvalue weighted by atomic mass is 10.1. The van der Waals surface area contributed by atoms with Crippen LogP contribution in [0, 0.1) is 6.92 Å². The molecule has 0 N–H and O–H groups in total. The van der Waals surface area contributed by atoms with Crippen molar-refractivity contribution in [2.75, 3.05) is 0 Å². The summed E-state index contributed by atoms with van der Waals surface area (Å²) in [7, 11) is 0. The zero-order valence-electron chi connectivity index (χ0n) is 15.6. The van der Waals surface area contributed by atoms with Crippen molar-refractivity contribution in [1.82, 2.24) is 14.7 Å². The second kappa shape index (κ2) is 6.97. The lowest BCUT2D eigenvalue weighted by Gasteiger charge is -2.13. The Morgan fingerprint density at radius 3 is 2.55 bits per heavy atom. The quantitative estimate of drug-likeness (QED) is 0.352. The van der Waals surface area contributed by atoms with Gasteiger partial charge in [0.2, 0.25) is 11.7 Å². The van der Waals surface area contributed by atoms with Gasteiger partial charge in [-0.25, -0.2) is 0 Å². The van der Waals surface area contributed by atoms with E-state index >= 15 is 0 Å². The highest BCUT2D eigenvalue weighted by atomic mass is 79.9. The van der Waals surface area contributed by atoms with Crippen LogP contribution in [0.15, 0.2) is 80.5 Å². The number of hydrogen-bond acceptors (Lipinski definition) is 4. The van der Waals surface area contributed by atoms with Gasteiger partial charge in [0, 0.05) is 20.8 Å². The first-order valence-corrected chi connectivity index (χ1v) is 10.00. The predicted molar refractivity (Wildman–Crippen MR) is 117 cm³/mol. The molecular formula is C23H16BrN3O2. The van der Waals surface area contributed by atoms with Crippen molar-refractivity contribution < 1.29 is 4.52 Å². The number of rotatable bonds is 3. The highest BCUT2D eigenvalue weighted by molar-refractivity contribution is 9.10. The number of pyridine rings is 1. The average molecular weight is 446 g/mol. The second-order valence-corrected chi connectivity index (χ2v) is 7.89. The van der Waals surface area contributed by atoms with Gasteiger partial charge in [-0.15, -0.1) is 0 Å². The monoisotopic (exact) mass is 445 g/mol. The van der Waals surface area contributed by atoms with Crippen molar-refractivity contribution in [3.05, 3.63) is 92.9 Å². The molecule has 6 heteroatoms. The molecular weight excluding hydrogens is 430 g/mol. The molecule has 0 fully saturated rings. The fourth-order valence-corrected chi connectivity index (χ4v) is 3.91. The van der Waals surface area contributed by atoms with Crippen LogP contribution in [0.5, 0.6) is 0 Å². The molecule has 5 rings (SSSR count). The van der Waals surface area contributed by atoms with Crippen LogP contribution in [-0.4, -0.2) is 14.7 Å². The maximum absolute atomic E-state index is 13.0. The molecule has 0 aliphatic carbocycles. The molecule has 0 saturated carbocycles. The van der Waals surface area contributed by atoms with E-state index in [-0.39, 0.29) is 5.43 Å². The third-order valence-electron chi connectivity index (χ3n) is 5.00. The number of hydrogen-bond donors (Lipinski definition) is 0. The van der Waals surface area contributed by atoms with Gasteiger partial charge in [0.25, 0.3) is 0 Å². The van der Waals surface area contributed by atoms with E-state index in [0.29, 0.717) is 29.0 Å². The number of benzene rings is 3. The molecule has 0 aliphatic heterocycles. The Morgan fingerprint density at radius 2 is 1.72 bits per heavy atom. The number of halogens is 1. The van der Waals surface area contributed by atoms with Crippen LogP contribution in [0.4, 0.5) is 0 Å². The molecule has 0 spiro atoms. The van der Waals surface area contributed by atoms with Crippen molar-refractivity contribution in [2.45, 2.75) is 13.5 Å². The number of fused-ring (bicyclic) bond motifs is 2. The van der Waals surface area contributed by atoms with Crippen LogP contribution in [0.25, 0.3) is 33.2 Å². The minimum atomic E-state index is 0.0130. The molecule has 0 unspecified atom stereocenters. The van der Waals surface area contributed by atoms with Gasteiger partial charge in [0.15, 0.2) is 5.43 Å². The largest absolute Gasteiger partial charge is 0.337 e. The molecule has 29 heavy (non-hydrogen) atoms. The van der Waals surface area contributed by atoms with Crippen molar-refractivity contribution in [3.63, 3.8) is 0 Å². The molecule has 3 aromatic carbocycles. The van der Waals surface area contributed by atoms with Gasteiger partial charge in [0.05, 0.1) is 11.0 Å². The molecule has 2 heterocycles. The molecule has 0 amide bonds. The molecule has 0 bridgehead atoms. The van der Waals surface area contributed by atoms with Crippen LogP contribution in [-0.2, 0) is 6.54 Å². The summed E-state index contributed by atoms with van der Waals surface area (Å²) in [5.41, 5.74) is 3.76. The van der Waals surface area contributed by atoms with Crippen LogP contribution in [0.1, 0.15) is 11.5 Å². The molecule has 2 aromatic heterocycles. The van der Waals surface area contributed by atoms with E-state index in [1.165, 1.54) is 5.56 Å². The summed E-state index contributed by atoms with van der Waals surface area (Å²) in [5, 5.41) is 5.45. The van der Waals surface area contributed by atoms with Gasteiger partial charge in [-0.05, 0) is 37.3 Å². The van der Waals surface area contributed by atoms with Crippen LogP contribution in [0.2, 0.25) is 0 Å². The summed E-state index contributed by atoms with van der Waals surface area (Å²) < 4.78 is 8.45. The molecule has 5 aromatic rings. The minimum Gasteiger partial charge on any atom is -0.337 e.